The summed E-state index contributed by atoms with van der Waals surface area (Å²) in [5.41, 5.74) is -8.21. The van der Waals surface area contributed by atoms with Gasteiger partial charge in [-0.3, -0.25) is 9.59 Å². The van der Waals surface area contributed by atoms with Crippen molar-refractivity contribution in [2.45, 2.75) is 93.5 Å². The number of ether oxygens (including phenoxy) is 1. The zero-order chi connectivity index (χ0) is 25.6. The van der Waals surface area contributed by atoms with E-state index in [4.69, 9.17) is 27.9 Å². The number of ketones is 2. The third kappa shape index (κ3) is 3.34. The SMILES string of the molecule is CC1(C)O[C@@]2(C[C@H]3C(C)(C)[C@@H](Cl)CC[C@]3(C)O)C(=O)c3cc(O)cc(O)c3C(=O)C2(O)C[C@H]1Cl. The number of carbonyl (C=O) groups excluding carboxylic acids is 2. The number of halogens is 2. The second-order valence-corrected chi connectivity index (χ2v) is 12.6. The number of phenolic OH excluding ortho intramolecular Hbond substituents is 2. The number of alkyl halides is 2. The van der Waals surface area contributed by atoms with Crippen molar-refractivity contribution in [2.75, 3.05) is 0 Å². The summed E-state index contributed by atoms with van der Waals surface area (Å²) in [6, 6.07) is 2.04. The number of carbonyl (C=O) groups is 2. The standard InChI is InChI=1S/C25H32Cl2O7/c1-21(2)15(23(5,32)7-6-16(21)26)10-25-19(30)13-8-12(28)9-14(29)18(13)20(31)24(25,33)11-17(27)22(3,4)34-25/h8-9,15-17,28-29,32-33H,6-7,10-11H2,1-5H3/t15-,16-,17+,23-,24?,25-/m0/s1. The first-order chi connectivity index (χ1) is 15.4. The van der Waals surface area contributed by atoms with Crippen LogP contribution in [-0.4, -0.2) is 65.2 Å². The van der Waals surface area contributed by atoms with Gasteiger partial charge in [-0.05, 0) is 57.4 Å². The zero-order valence-corrected chi connectivity index (χ0v) is 21.5. The van der Waals surface area contributed by atoms with Crippen molar-refractivity contribution in [3.63, 3.8) is 0 Å². The van der Waals surface area contributed by atoms with Crippen LogP contribution in [0.5, 0.6) is 11.5 Å². The largest absolute Gasteiger partial charge is 0.508 e. The molecule has 34 heavy (non-hydrogen) atoms. The molecule has 7 nitrogen and oxygen atoms in total. The fourth-order valence-corrected chi connectivity index (χ4v) is 6.82. The number of rotatable bonds is 2. The molecule has 2 aliphatic carbocycles. The first kappa shape index (κ1) is 25.7. The molecule has 9 heteroatoms. The molecule has 0 radical (unpaired) electrons. The Hall–Kier alpha value is -1.38. The molecule has 1 unspecified atom stereocenters. The molecule has 6 atom stereocenters. The molecule has 4 N–H and O–H groups in total. The molecule has 1 heterocycles. The van der Waals surface area contributed by atoms with Gasteiger partial charge in [0.15, 0.2) is 17.0 Å². The Morgan fingerprint density at radius 2 is 1.62 bits per heavy atom. The monoisotopic (exact) mass is 514 g/mol. The topological polar surface area (TPSA) is 124 Å². The minimum absolute atomic E-state index is 0.208. The molecule has 1 aromatic carbocycles. The summed E-state index contributed by atoms with van der Waals surface area (Å²) < 4.78 is 6.35. The van der Waals surface area contributed by atoms with Crippen molar-refractivity contribution in [1.29, 1.82) is 0 Å². The third-order valence-corrected chi connectivity index (χ3v) is 9.96. The van der Waals surface area contributed by atoms with Crippen molar-refractivity contribution in [3.8, 4) is 11.5 Å². The molecule has 0 bridgehead atoms. The molecule has 1 aliphatic heterocycles. The second kappa shape index (κ2) is 7.56. The number of benzene rings is 1. The average molecular weight is 515 g/mol. The van der Waals surface area contributed by atoms with Gasteiger partial charge in [-0.15, -0.1) is 23.2 Å². The first-order valence-electron chi connectivity index (χ1n) is 11.5. The Kier molecular flexibility index (Phi) is 5.72. The molecule has 1 aromatic rings. The number of fused-ring (bicyclic) bond motifs is 2. The van der Waals surface area contributed by atoms with Gasteiger partial charge in [0.1, 0.15) is 11.5 Å². The number of hydrogen-bond donors (Lipinski definition) is 4. The zero-order valence-electron chi connectivity index (χ0n) is 20.0. The van der Waals surface area contributed by atoms with Crippen molar-refractivity contribution >= 4 is 34.8 Å². The van der Waals surface area contributed by atoms with Gasteiger partial charge in [0, 0.05) is 23.4 Å². The van der Waals surface area contributed by atoms with E-state index < -0.39 is 62.2 Å². The van der Waals surface area contributed by atoms with Crippen LogP contribution in [0.25, 0.3) is 0 Å². The maximum Gasteiger partial charge on any atom is 0.202 e. The van der Waals surface area contributed by atoms with Crippen molar-refractivity contribution in [1.82, 2.24) is 0 Å². The highest BCUT2D eigenvalue weighted by Crippen LogP contribution is 2.59. The highest BCUT2D eigenvalue weighted by Gasteiger charge is 2.72. The molecule has 1 saturated heterocycles. The number of aromatic hydroxyl groups is 2. The van der Waals surface area contributed by atoms with Gasteiger partial charge in [-0.1, -0.05) is 13.8 Å². The molecular formula is C25H32Cl2O7. The summed E-state index contributed by atoms with van der Waals surface area (Å²) in [7, 11) is 0. The van der Waals surface area contributed by atoms with Gasteiger partial charge in [0.25, 0.3) is 0 Å². The van der Waals surface area contributed by atoms with Crippen molar-refractivity contribution < 1.29 is 34.8 Å². The fourth-order valence-electron chi connectivity index (χ4n) is 6.29. The van der Waals surface area contributed by atoms with Crippen LogP contribution < -0.4 is 0 Å². The molecule has 0 spiro atoms. The van der Waals surface area contributed by atoms with Crippen LogP contribution in [0.1, 0.15) is 81.0 Å². The summed E-state index contributed by atoms with van der Waals surface area (Å²) in [6.07, 6.45) is 0.417. The number of phenols is 2. The maximum absolute atomic E-state index is 14.2. The minimum Gasteiger partial charge on any atom is -0.508 e. The normalized spacial score (nSPS) is 41.0. The molecule has 3 aliphatic rings. The summed E-state index contributed by atoms with van der Waals surface area (Å²) in [4.78, 5) is 28.0. The van der Waals surface area contributed by atoms with Crippen LogP contribution in [0.2, 0.25) is 0 Å². The van der Waals surface area contributed by atoms with E-state index in [2.05, 4.69) is 0 Å². The van der Waals surface area contributed by atoms with Crippen LogP contribution in [-0.2, 0) is 4.74 Å². The molecule has 0 aromatic heterocycles. The molecule has 0 amide bonds. The lowest BCUT2D eigenvalue weighted by molar-refractivity contribution is -0.243. The quantitative estimate of drug-likeness (QED) is 0.440. The Morgan fingerprint density at radius 3 is 2.24 bits per heavy atom. The van der Waals surface area contributed by atoms with Crippen molar-refractivity contribution in [2.24, 2.45) is 11.3 Å². The number of Topliss-reactive ketones (excluding diaryl/α,β-unsaturated/α-hetero) is 2. The highest BCUT2D eigenvalue weighted by molar-refractivity contribution is 6.26. The minimum atomic E-state index is -2.40. The maximum atomic E-state index is 14.2. The lowest BCUT2D eigenvalue weighted by atomic mass is 9.53. The van der Waals surface area contributed by atoms with Gasteiger partial charge in [-0.25, -0.2) is 0 Å². The Morgan fingerprint density at radius 1 is 1.00 bits per heavy atom. The number of hydrogen-bond acceptors (Lipinski definition) is 7. The molecule has 1 saturated carbocycles. The summed E-state index contributed by atoms with van der Waals surface area (Å²) >= 11 is 13.2. The Bertz CT molecular complexity index is 1070. The van der Waals surface area contributed by atoms with E-state index in [1.807, 2.05) is 13.8 Å². The molecule has 188 valence electrons. The van der Waals surface area contributed by atoms with Crippen LogP contribution in [0.15, 0.2) is 12.1 Å². The van der Waals surface area contributed by atoms with Gasteiger partial charge in [-0.2, -0.15) is 0 Å². The predicted octanol–water partition coefficient (Wildman–Crippen LogP) is 3.94. The lowest BCUT2D eigenvalue weighted by Gasteiger charge is -2.60. The van der Waals surface area contributed by atoms with Crippen LogP contribution in [0.3, 0.4) is 0 Å². The molecule has 4 rings (SSSR count). The van der Waals surface area contributed by atoms with Crippen LogP contribution in [0.4, 0.5) is 0 Å². The third-order valence-electron chi connectivity index (χ3n) is 8.50. The predicted molar refractivity (Wildman–Crippen MR) is 127 cm³/mol. The van der Waals surface area contributed by atoms with Crippen molar-refractivity contribution in [3.05, 3.63) is 23.3 Å². The second-order valence-electron chi connectivity index (χ2n) is 11.6. The van der Waals surface area contributed by atoms with Crippen LogP contribution in [0, 0.1) is 11.3 Å². The Labute approximate surface area is 209 Å². The van der Waals surface area contributed by atoms with Gasteiger partial charge in [0.2, 0.25) is 5.78 Å². The van der Waals surface area contributed by atoms with E-state index in [1.54, 1.807) is 20.8 Å². The van der Waals surface area contributed by atoms with Gasteiger partial charge >= 0.3 is 0 Å². The summed E-state index contributed by atoms with van der Waals surface area (Å²) in [6.45, 7) is 8.79. The lowest BCUT2D eigenvalue weighted by Crippen LogP contribution is -2.76. The van der Waals surface area contributed by atoms with E-state index in [0.29, 0.717) is 12.8 Å². The summed E-state index contributed by atoms with van der Waals surface area (Å²) in [5, 5.41) is 42.8. The van der Waals surface area contributed by atoms with Gasteiger partial charge < -0.3 is 25.2 Å². The van der Waals surface area contributed by atoms with Crippen LogP contribution >= 0.6 is 23.2 Å². The van der Waals surface area contributed by atoms with E-state index >= 15 is 0 Å². The smallest absolute Gasteiger partial charge is 0.202 e. The van der Waals surface area contributed by atoms with E-state index in [9.17, 15) is 30.0 Å². The van der Waals surface area contributed by atoms with E-state index in [-0.39, 0.29) is 29.3 Å². The highest BCUT2D eigenvalue weighted by atomic mass is 35.5. The first-order valence-corrected chi connectivity index (χ1v) is 12.4. The van der Waals surface area contributed by atoms with E-state index in [0.717, 1.165) is 12.1 Å². The Balaban J connectivity index is 1.99. The fraction of sp³-hybridized carbons (Fsp3) is 0.680. The van der Waals surface area contributed by atoms with E-state index in [1.165, 1.54) is 0 Å². The number of aliphatic hydroxyl groups is 2. The average Bonchev–Trinajstić information content (AvgIpc) is 2.70. The summed E-state index contributed by atoms with van der Waals surface area (Å²) in [5.74, 6) is -3.33. The molecular weight excluding hydrogens is 483 g/mol. The molecule has 2 fully saturated rings. The van der Waals surface area contributed by atoms with Gasteiger partial charge in [0.05, 0.1) is 22.1 Å².